The lowest BCUT2D eigenvalue weighted by Gasteiger charge is -2.11. The molecule has 1 heterocycles. The molecule has 0 saturated carbocycles. The molecule has 0 radical (unpaired) electrons. The maximum Gasteiger partial charge on any atom is 0.338 e. The van der Waals surface area contributed by atoms with Gasteiger partial charge in [0.05, 0.1) is 17.9 Å². The van der Waals surface area contributed by atoms with Gasteiger partial charge < -0.3 is 4.74 Å². The molecule has 3 heteroatoms. The van der Waals surface area contributed by atoms with E-state index in [1.165, 1.54) is 0 Å². The monoisotopic (exact) mass is 319 g/mol. The minimum Gasteiger partial charge on any atom is -0.462 e. The third-order valence-corrected chi connectivity index (χ3v) is 4.03. The number of fused-ring (bicyclic) bond motifs is 1. The molecule has 0 bridgehead atoms. The highest BCUT2D eigenvalue weighted by Gasteiger charge is 2.16. The molecule has 2 aromatic carbocycles. The van der Waals surface area contributed by atoms with E-state index >= 15 is 0 Å². The van der Waals surface area contributed by atoms with Gasteiger partial charge in [0.2, 0.25) is 0 Å². The number of carbonyl (C=O) groups excluding carboxylic acids is 1. The van der Waals surface area contributed by atoms with E-state index in [-0.39, 0.29) is 5.97 Å². The van der Waals surface area contributed by atoms with Crippen molar-refractivity contribution < 1.29 is 9.53 Å². The van der Waals surface area contributed by atoms with Gasteiger partial charge in [-0.15, -0.1) is 0 Å². The lowest BCUT2D eigenvalue weighted by molar-refractivity contribution is 0.0499. The third kappa shape index (κ3) is 3.62. The van der Waals surface area contributed by atoms with Crippen molar-refractivity contribution in [1.82, 2.24) is 4.98 Å². The van der Waals surface area contributed by atoms with Gasteiger partial charge in [-0.2, -0.15) is 0 Å². The number of ether oxygens (including phenoxy) is 1. The molecule has 122 valence electrons. The van der Waals surface area contributed by atoms with Crippen LogP contribution in [0.5, 0.6) is 0 Å². The topological polar surface area (TPSA) is 39.2 Å². The smallest absolute Gasteiger partial charge is 0.338 e. The zero-order valence-electron chi connectivity index (χ0n) is 13.9. The van der Waals surface area contributed by atoms with Crippen molar-refractivity contribution in [2.45, 2.75) is 26.2 Å². The first-order valence-corrected chi connectivity index (χ1v) is 8.41. The molecule has 0 atom stereocenters. The summed E-state index contributed by atoms with van der Waals surface area (Å²) in [6, 6.07) is 17.6. The first kappa shape index (κ1) is 16.2. The van der Waals surface area contributed by atoms with Crippen molar-refractivity contribution in [3.8, 4) is 11.3 Å². The largest absolute Gasteiger partial charge is 0.462 e. The van der Waals surface area contributed by atoms with Crippen molar-refractivity contribution in [2.75, 3.05) is 6.61 Å². The molecule has 0 amide bonds. The summed E-state index contributed by atoms with van der Waals surface area (Å²) in [5.41, 5.74) is 2.17. The van der Waals surface area contributed by atoms with E-state index < -0.39 is 0 Å². The summed E-state index contributed by atoms with van der Waals surface area (Å²) >= 11 is 0. The van der Waals surface area contributed by atoms with E-state index in [2.05, 4.69) is 11.9 Å². The Labute approximate surface area is 142 Å². The highest BCUT2D eigenvalue weighted by Crippen LogP contribution is 2.28. The van der Waals surface area contributed by atoms with Crippen LogP contribution in [-0.4, -0.2) is 17.6 Å². The number of unbranched alkanes of at least 4 members (excludes halogenated alkanes) is 2. The summed E-state index contributed by atoms with van der Waals surface area (Å²) in [5.74, 6) is -0.280. The Morgan fingerprint density at radius 2 is 1.75 bits per heavy atom. The van der Waals surface area contributed by atoms with Gasteiger partial charge in [-0.3, -0.25) is 4.98 Å². The minimum absolute atomic E-state index is 0.280. The van der Waals surface area contributed by atoms with E-state index in [1.54, 1.807) is 6.20 Å². The molecule has 0 N–H and O–H groups in total. The van der Waals surface area contributed by atoms with Crippen LogP contribution in [0.4, 0.5) is 0 Å². The number of esters is 1. The Bertz CT molecular complexity index is 828. The molecular formula is C21H21NO2. The number of carbonyl (C=O) groups is 1. The second kappa shape index (κ2) is 7.73. The SMILES string of the molecule is CCCCCOC(=O)c1cc2ccccc2cc1-c1ccccn1. The molecular weight excluding hydrogens is 298 g/mol. The van der Waals surface area contributed by atoms with Crippen LogP contribution in [-0.2, 0) is 4.74 Å². The maximum absolute atomic E-state index is 12.6. The van der Waals surface area contributed by atoms with Crippen LogP contribution in [0.1, 0.15) is 36.5 Å². The highest BCUT2D eigenvalue weighted by molar-refractivity contribution is 6.02. The second-order valence-corrected chi connectivity index (χ2v) is 5.80. The van der Waals surface area contributed by atoms with E-state index in [9.17, 15) is 4.79 Å². The molecule has 0 aliphatic carbocycles. The van der Waals surface area contributed by atoms with Gasteiger partial charge in [0.15, 0.2) is 0 Å². The number of nitrogens with zero attached hydrogens (tertiary/aromatic N) is 1. The van der Waals surface area contributed by atoms with Crippen LogP contribution >= 0.6 is 0 Å². The van der Waals surface area contributed by atoms with Crippen molar-refractivity contribution >= 4 is 16.7 Å². The number of pyridine rings is 1. The average Bonchev–Trinajstić information content (AvgIpc) is 2.64. The van der Waals surface area contributed by atoms with E-state index in [0.29, 0.717) is 12.2 Å². The van der Waals surface area contributed by atoms with Crippen molar-refractivity contribution in [1.29, 1.82) is 0 Å². The van der Waals surface area contributed by atoms with Crippen molar-refractivity contribution in [3.63, 3.8) is 0 Å². The fourth-order valence-electron chi connectivity index (χ4n) is 2.74. The number of aromatic nitrogens is 1. The molecule has 0 aliphatic heterocycles. The quantitative estimate of drug-likeness (QED) is 0.460. The molecule has 0 aliphatic rings. The van der Waals surface area contributed by atoms with Crippen LogP contribution in [0.3, 0.4) is 0 Å². The lowest BCUT2D eigenvalue weighted by atomic mass is 9.98. The molecule has 3 nitrogen and oxygen atoms in total. The van der Waals surface area contributed by atoms with E-state index in [1.807, 2.05) is 54.6 Å². The van der Waals surface area contributed by atoms with Gasteiger partial charge >= 0.3 is 5.97 Å². The predicted molar refractivity (Wildman–Crippen MR) is 97.0 cm³/mol. The number of rotatable bonds is 6. The summed E-state index contributed by atoms with van der Waals surface area (Å²) in [5, 5.41) is 2.11. The minimum atomic E-state index is -0.280. The fraction of sp³-hybridized carbons (Fsp3) is 0.238. The zero-order chi connectivity index (χ0) is 16.8. The standard InChI is InChI=1S/C21H21NO2/c1-2-3-8-13-24-21(23)19-15-17-10-5-4-9-16(17)14-18(19)20-11-6-7-12-22-20/h4-7,9-12,14-15H,2-3,8,13H2,1H3. The summed E-state index contributed by atoms with van der Waals surface area (Å²) in [7, 11) is 0. The Morgan fingerprint density at radius 1 is 1.00 bits per heavy atom. The van der Waals surface area contributed by atoms with Gasteiger partial charge in [0, 0.05) is 11.8 Å². The number of hydrogen-bond donors (Lipinski definition) is 0. The van der Waals surface area contributed by atoms with Crippen LogP contribution in [0.15, 0.2) is 60.8 Å². The number of hydrogen-bond acceptors (Lipinski definition) is 3. The van der Waals surface area contributed by atoms with E-state index in [4.69, 9.17) is 4.74 Å². The Balaban J connectivity index is 1.99. The van der Waals surface area contributed by atoms with E-state index in [0.717, 1.165) is 41.3 Å². The second-order valence-electron chi connectivity index (χ2n) is 5.80. The molecule has 0 spiro atoms. The fourth-order valence-corrected chi connectivity index (χ4v) is 2.74. The van der Waals surface area contributed by atoms with Gasteiger partial charge in [-0.05, 0) is 41.5 Å². The first-order chi connectivity index (χ1) is 11.8. The van der Waals surface area contributed by atoms with Crippen LogP contribution < -0.4 is 0 Å². The summed E-state index contributed by atoms with van der Waals surface area (Å²) in [4.78, 5) is 17.0. The van der Waals surface area contributed by atoms with Crippen molar-refractivity contribution in [2.24, 2.45) is 0 Å². The Hall–Kier alpha value is -2.68. The normalized spacial score (nSPS) is 10.7. The average molecular weight is 319 g/mol. The van der Waals surface area contributed by atoms with Gasteiger partial charge in [0.1, 0.15) is 0 Å². The lowest BCUT2D eigenvalue weighted by Crippen LogP contribution is -2.08. The third-order valence-electron chi connectivity index (χ3n) is 4.03. The Morgan fingerprint density at radius 3 is 2.46 bits per heavy atom. The van der Waals surface area contributed by atoms with Crippen molar-refractivity contribution in [3.05, 3.63) is 66.4 Å². The molecule has 0 fully saturated rings. The van der Waals surface area contributed by atoms with Crippen LogP contribution in [0.2, 0.25) is 0 Å². The van der Waals surface area contributed by atoms with Crippen LogP contribution in [0.25, 0.3) is 22.0 Å². The molecule has 0 unspecified atom stereocenters. The molecule has 24 heavy (non-hydrogen) atoms. The molecule has 3 rings (SSSR count). The zero-order valence-corrected chi connectivity index (χ0v) is 13.9. The molecule has 1 aromatic heterocycles. The Kier molecular flexibility index (Phi) is 5.22. The van der Waals surface area contributed by atoms with Gasteiger partial charge in [-0.25, -0.2) is 4.79 Å². The van der Waals surface area contributed by atoms with Gasteiger partial charge in [-0.1, -0.05) is 50.1 Å². The maximum atomic E-state index is 12.6. The molecule has 0 saturated heterocycles. The predicted octanol–water partition coefficient (Wildman–Crippen LogP) is 5.25. The summed E-state index contributed by atoms with van der Waals surface area (Å²) in [6.07, 6.45) is 4.81. The van der Waals surface area contributed by atoms with Crippen LogP contribution in [0, 0.1) is 0 Å². The number of benzene rings is 2. The molecule has 3 aromatic rings. The highest BCUT2D eigenvalue weighted by atomic mass is 16.5. The summed E-state index contributed by atoms with van der Waals surface area (Å²) < 4.78 is 5.47. The summed E-state index contributed by atoms with van der Waals surface area (Å²) in [6.45, 7) is 2.59. The van der Waals surface area contributed by atoms with Gasteiger partial charge in [0.25, 0.3) is 0 Å². The first-order valence-electron chi connectivity index (χ1n) is 8.41.